The first kappa shape index (κ1) is 22.8. The summed E-state index contributed by atoms with van der Waals surface area (Å²) < 4.78 is 40.4. The van der Waals surface area contributed by atoms with Gasteiger partial charge in [0.25, 0.3) is 0 Å². The van der Waals surface area contributed by atoms with E-state index in [9.17, 15) is 18.0 Å². The number of nitrogens with zero attached hydrogens (tertiary/aromatic N) is 1. The molecule has 0 heterocycles. The van der Waals surface area contributed by atoms with Gasteiger partial charge in [-0.2, -0.15) is 0 Å². The first-order valence-corrected chi connectivity index (χ1v) is 8.07. The first-order valence-electron chi connectivity index (χ1n) is 8.07. The fourth-order valence-electron chi connectivity index (χ4n) is 2.61. The van der Waals surface area contributed by atoms with Crippen LogP contribution in [0.25, 0.3) is 0 Å². The van der Waals surface area contributed by atoms with Crippen LogP contribution in [-0.2, 0) is 11.3 Å². The number of ether oxygens (including phenoxy) is 1. The number of amides is 1. The predicted molar refractivity (Wildman–Crippen MR) is 99.4 cm³/mol. The quantitative estimate of drug-likeness (QED) is 0.783. The summed E-state index contributed by atoms with van der Waals surface area (Å²) in [6.45, 7) is 2.02. The van der Waals surface area contributed by atoms with E-state index >= 15 is 0 Å². The van der Waals surface area contributed by atoms with Gasteiger partial charge in [0, 0.05) is 19.6 Å². The molecular formula is C19H22ClF3N2O2. The molecule has 2 atom stereocenters. The molecule has 2 aromatic rings. The van der Waals surface area contributed by atoms with Gasteiger partial charge in [0.1, 0.15) is 5.75 Å². The minimum atomic E-state index is -4.72. The van der Waals surface area contributed by atoms with Crippen molar-refractivity contribution in [3.8, 4) is 5.75 Å². The molecule has 2 unspecified atom stereocenters. The van der Waals surface area contributed by atoms with Gasteiger partial charge in [0.05, 0.1) is 5.92 Å². The molecule has 0 aliphatic rings. The molecule has 0 spiro atoms. The standard InChI is InChI=1S/C19H21F3N2O2.ClH/c1-13(17(23)15-6-4-3-5-7-15)18(25)24(2)12-14-8-10-16(11-9-14)26-19(20,21)22;/h3-11,13,17H,12,23H2,1-2H3;1H. The van der Waals surface area contributed by atoms with Crippen LogP contribution >= 0.6 is 12.4 Å². The number of carbonyl (C=O) groups excluding carboxylic acids is 1. The predicted octanol–water partition coefficient (Wildman–Crippen LogP) is 4.30. The number of hydrogen-bond donors (Lipinski definition) is 1. The van der Waals surface area contributed by atoms with E-state index in [1.807, 2.05) is 30.3 Å². The van der Waals surface area contributed by atoms with Gasteiger partial charge in [-0.05, 0) is 23.3 Å². The lowest BCUT2D eigenvalue weighted by atomic mass is 9.94. The van der Waals surface area contributed by atoms with Crippen LogP contribution in [0.4, 0.5) is 13.2 Å². The fourth-order valence-corrected chi connectivity index (χ4v) is 2.61. The van der Waals surface area contributed by atoms with E-state index in [1.54, 1.807) is 14.0 Å². The van der Waals surface area contributed by atoms with Crippen LogP contribution in [0, 0.1) is 5.92 Å². The zero-order valence-electron chi connectivity index (χ0n) is 14.9. The molecule has 0 radical (unpaired) electrons. The monoisotopic (exact) mass is 402 g/mol. The van der Waals surface area contributed by atoms with Crippen LogP contribution < -0.4 is 10.5 Å². The smallest absolute Gasteiger partial charge is 0.406 e. The normalized spacial score (nSPS) is 13.3. The molecule has 2 aromatic carbocycles. The van der Waals surface area contributed by atoms with Crippen LogP contribution in [0.15, 0.2) is 54.6 Å². The Morgan fingerprint density at radius 1 is 1.11 bits per heavy atom. The average Bonchev–Trinajstić information content (AvgIpc) is 2.61. The average molecular weight is 403 g/mol. The van der Waals surface area contributed by atoms with Crippen molar-refractivity contribution in [3.05, 3.63) is 65.7 Å². The van der Waals surface area contributed by atoms with E-state index in [4.69, 9.17) is 5.73 Å². The van der Waals surface area contributed by atoms with Gasteiger partial charge in [0.15, 0.2) is 0 Å². The number of rotatable bonds is 6. The molecule has 0 aliphatic heterocycles. The Morgan fingerprint density at radius 2 is 1.67 bits per heavy atom. The third-order valence-electron chi connectivity index (χ3n) is 4.07. The highest BCUT2D eigenvalue weighted by Crippen LogP contribution is 2.24. The van der Waals surface area contributed by atoms with Gasteiger partial charge in [0.2, 0.25) is 5.91 Å². The van der Waals surface area contributed by atoms with Gasteiger partial charge in [-0.3, -0.25) is 4.79 Å². The summed E-state index contributed by atoms with van der Waals surface area (Å²) in [6, 6.07) is 14.3. The second kappa shape index (κ2) is 9.62. The van der Waals surface area contributed by atoms with E-state index in [1.165, 1.54) is 29.2 Å². The summed E-state index contributed by atoms with van der Waals surface area (Å²) in [5.41, 5.74) is 7.74. The molecular weight excluding hydrogens is 381 g/mol. The van der Waals surface area contributed by atoms with Crippen LogP contribution in [0.1, 0.15) is 24.1 Å². The fraction of sp³-hybridized carbons (Fsp3) is 0.316. The summed E-state index contributed by atoms with van der Waals surface area (Å²) >= 11 is 0. The van der Waals surface area contributed by atoms with Crippen LogP contribution in [0.5, 0.6) is 5.75 Å². The molecule has 0 fully saturated rings. The van der Waals surface area contributed by atoms with Crippen molar-refractivity contribution in [2.45, 2.75) is 25.9 Å². The highest BCUT2D eigenvalue weighted by Gasteiger charge is 2.31. The zero-order chi connectivity index (χ0) is 19.3. The summed E-state index contributed by atoms with van der Waals surface area (Å²) in [5, 5.41) is 0. The lowest BCUT2D eigenvalue weighted by molar-refractivity contribution is -0.274. The molecule has 0 saturated heterocycles. The number of nitrogens with two attached hydrogens (primary N) is 1. The van der Waals surface area contributed by atoms with Crippen molar-refractivity contribution in [2.75, 3.05) is 7.05 Å². The van der Waals surface area contributed by atoms with E-state index < -0.39 is 18.3 Å². The first-order chi connectivity index (χ1) is 12.2. The second-order valence-electron chi connectivity index (χ2n) is 6.11. The molecule has 0 saturated carbocycles. The third kappa shape index (κ3) is 6.77. The van der Waals surface area contributed by atoms with Crippen molar-refractivity contribution in [3.63, 3.8) is 0 Å². The van der Waals surface area contributed by atoms with Crippen molar-refractivity contribution < 1.29 is 22.7 Å². The maximum Gasteiger partial charge on any atom is 0.573 e. The van der Waals surface area contributed by atoms with E-state index in [0.717, 1.165) is 5.56 Å². The van der Waals surface area contributed by atoms with Crippen molar-refractivity contribution in [2.24, 2.45) is 11.7 Å². The Labute approximate surface area is 162 Å². The molecule has 8 heteroatoms. The SMILES string of the molecule is CC(C(=O)N(C)Cc1ccc(OC(F)(F)F)cc1)C(N)c1ccccc1.Cl. The summed E-state index contributed by atoms with van der Waals surface area (Å²) in [6.07, 6.45) is -4.72. The molecule has 148 valence electrons. The van der Waals surface area contributed by atoms with Crippen molar-refractivity contribution >= 4 is 18.3 Å². The molecule has 2 rings (SSSR count). The van der Waals surface area contributed by atoms with E-state index in [0.29, 0.717) is 5.56 Å². The van der Waals surface area contributed by atoms with Crippen molar-refractivity contribution in [1.29, 1.82) is 0 Å². The van der Waals surface area contributed by atoms with E-state index in [-0.39, 0.29) is 30.6 Å². The highest BCUT2D eigenvalue weighted by atomic mass is 35.5. The molecule has 2 N–H and O–H groups in total. The van der Waals surface area contributed by atoms with Gasteiger partial charge in [-0.15, -0.1) is 25.6 Å². The molecule has 27 heavy (non-hydrogen) atoms. The van der Waals surface area contributed by atoms with Gasteiger partial charge in [-0.1, -0.05) is 49.4 Å². The topological polar surface area (TPSA) is 55.6 Å². The number of carbonyl (C=O) groups is 1. The maximum absolute atomic E-state index is 12.6. The van der Waals surface area contributed by atoms with Crippen LogP contribution in [-0.4, -0.2) is 24.2 Å². The molecule has 4 nitrogen and oxygen atoms in total. The summed E-state index contributed by atoms with van der Waals surface area (Å²) in [5.74, 6) is -0.873. The Hall–Kier alpha value is -2.25. The van der Waals surface area contributed by atoms with Gasteiger partial charge < -0.3 is 15.4 Å². The van der Waals surface area contributed by atoms with Crippen molar-refractivity contribution in [1.82, 2.24) is 4.90 Å². The number of alkyl halides is 3. The Balaban J connectivity index is 0.00000364. The van der Waals surface area contributed by atoms with Crippen LogP contribution in [0.3, 0.4) is 0 Å². The van der Waals surface area contributed by atoms with Gasteiger partial charge >= 0.3 is 6.36 Å². The Kier molecular flexibility index (Phi) is 8.12. The molecule has 0 bridgehead atoms. The molecule has 0 aromatic heterocycles. The number of halogens is 4. The lowest BCUT2D eigenvalue weighted by Gasteiger charge is -2.25. The largest absolute Gasteiger partial charge is 0.573 e. The Bertz CT molecular complexity index is 724. The highest BCUT2D eigenvalue weighted by molar-refractivity contribution is 5.85. The maximum atomic E-state index is 12.6. The number of benzene rings is 2. The minimum absolute atomic E-state index is 0. The zero-order valence-corrected chi connectivity index (χ0v) is 15.8. The van der Waals surface area contributed by atoms with Crippen LogP contribution in [0.2, 0.25) is 0 Å². The molecule has 0 aliphatic carbocycles. The van der Waals surface area contributed by atoms with Gasteiger partial charge in [-0.25, -0.2) is 0 Å². The molecule has 1 amide bonds. The summed E-state index contributed by atoms with van der Waals surface area (Å²) in [4.78, 5) is 14.1. The minimum Gasteiger partial charge on any atom is -0.406 e. The Morgan fingerprint density at radius 3 is 2.19 bits per heavy atom. The third-order valence-corrected chi connectivity index (χ3v) is 4.07. The number of hydrogen-bond acceptors (Lipinski definition) is 3. The summed E-state index contributed by atoms with van der Waals surface area (Å²) in [7, 11) is 1.64. The second-order valence-corrected chi connectivity index (χ2v) is 6.11. The van der Waals surface area contributed by atoms with E-state index in [2.05, 4.69) is 4.74 Å². The lowest BCUT2D eigenvalue weighted by Crippen LogP contribution is -2.36.